The second-order valence-corrected chi connectivity index (χ2v) is 10.4. The monoisotopic (exact) mass is 1090 g/mol. The van der Waals surface area contributed by atoms with Gasteiger partial charge in [-0.05, 0) is 98.7 Å². The molecule has 0 heterocycles. The number of halogens is 1. The number of hydrogen-bond donors (Lipinski definition) is 0. The average molecular weight is 1090 g/mol. The summed E-state index contributed by atoms with van der Waals surface area (Å²) in [7, 11) is 0. The minimum absolute atomic E-state index is 1.88. The topological polar surface area (TPSA) is 0 Å². The highest BCUT2D eigenvalue weighted by molar-refractivity contribution is 14.1. The van der Waals surface area contributed by atoms with Crippen molar-refractivity contribution in [1.29, 1.82) is 0 Å². The molecule has 0 aromatic carbocycles. The first kappa shape index (κ1) is 64.1. The molecule has 0 aromatic heterocycles. The van der Waals surface area contributed by atoms with Crippen LogP contribution in [0.1, 0.15) is 0 Å². The van der Waals surface area contributed by atoms with Gasteiger partial charge in [0.05, 0.1) is 0 Å². The zero-order chi connectivity index (χ0) is 57.9. The normalized spacial score (nSPS) is 3.95. The standard InChI is InChI=1S/C80HI/c1-2-3-4-5-6-7-8-9-10-11-12-13-14-15-16-17-18-19-20-21-22-23-24-25-26-27-28-29-30-31-32-33-34-35-36-37-38-39-40-41-42-43-44-45-46-47-48-49-50-51-52-53-54-55-56-57-58-59-60-61-62-63-64-65-66-67-68-69-70-71-72-73-74-75-76-77-78-79-80-81/h1H. The molecule has 0 spiro atoms. The molecule has 0 unspecified atom stereocenters. The molecule has 0 atom stereocenters. The Balaban J connectivity index is 4.62. The third kappa shape index (κ3) is 63.1. The molecule has 0 nitrogen and oxygen atoms in total. The van der Waals surface area contributed by atoms with Gasteiger partial charge in [-0.15, -0.1) is 6.42 Å². The molecule has 0 aromatic rings. The smallest absolute Gasteiger partial charge is 0.0192 e. The second kappa shape index (κ2) is 63.1. The largest absolute Gasteiger partial charge is 0.106 e. The number of terminal acetylenes is 1. The van der Waals surface area contributed by atoms with Crippen LogP contribution in [0.15, 0.2) is 0 Å². The average Bonchev–Trinajstić information content (AvgIpc) is 3.48. The lowest BCUT2D eigenvalue weighted by Crippen LogP contribution is -1.57. The Labute approximate surface area is 491 Å². The SMILES string of the molecule is C#CC#CC#CC#CC#CC#CC#CC#CC#CC#CC#CC#CC#CC#CC#CC#CC#CC#CC#CC#CC#CC#CC#CC#CC#CC#CC#CC#CC#CC#CC#CC#CC#CC#CC#CC#CC#CC#CC#CC#CI. The Hall–Kier alpha value is -16.9. The Bertz CT molecular complexity index is 5500. The highest BCUT2D eigenvalue weighted by Gasteiger charge is 1.65. The Morgan fingerprint density at radius 3 is 0.222 bits per heavy atom. The summed E-state index contributed by atoms with van der Waals surface area (Å²) in [5, 5.41) is 0. The van der Waals surface area contributed by atoms with Gasteiger partial charge in [-0.2, -0.15) is 0 Å². The molecule has 0 amide bonds. The van der Waals surface area contributed by atoms with Crippen molar-refractivity contribution < 1.29 is 0 Å². The Morgan fingerprint density at radius 2 is 0.160 bits per heavy atom. The highest BCUT2D eigenvalue weighted by Crippen LogP contribution is 1.68. The first-order valence-corrected chi connectivity index (χ1v) is 21.1. The summed E-state index contributed by atoms with van der Waals surface area (Å²) in [6, 6.07) is 0. The van der Waals surface area contributed by atoms with E-state index in [4.69, 9.17) is 6.42 Å². The van der Waals surface area contributed by atoms with Crippen molar-refractivity contribution in [2.75, 3.05) is 0 Å². The second-order valence-electron chi connectivity index (χ2n) is 9.86. The molecule has 328 valence electrons. The van der Waals surface area contributed by atoms with Crippen LogP contribution in [-0.2, 0) is 0 Å². The summed E-state index contributed by atoms with van der Waals surface area (Å²) < 4.78 is 2.59. The maximum Gasteiger partial charge on any atom is 0.0192 e. The fourth-order valence-electron chi connectivity index (χ4n) is 2.40. The molecule has 0 radical (unpaired) electrons. The molecule has 0 aliphatic carbocycles. The zero-order valence-electron chi connectivity index (χ0n) is 40.5. The molecule has 0 aliphatic heterocycles. The maximum absolute atomic E-state index is 4.95. The van der Waals surface area contributed by atoms with Crippen molar-refractivity contribution in [3.8, 4) is 472 Å². The van der Waals surface area contributed by atoms with Crippen LogP contribution in [0.3, 0.4) is 0 Å². The van der Waals surface area contributed by atoms with E-state index in [-0.39, 0.29) is 0 Å². The fourth-order valence-corrected chi connectivity index (χ4v) is 2.54. The van der Waals surface area contributed by atoms with E-state index in [1.165, 1.54) is 0 Å². The van der Waals surface area contributed by atoms with E-state index < -0.39 is 0 Å². The summed E-state index contributed by atoms with van der Waals surface area (Å²) in [4.78, 5) is 0. The Morgan fingerprint density at radius 1 is 0.0988 bits per heavy atom. The van der Waals surface area contributed by atoms with Crippen LogP contribution in [0.4, 0.5) is 0 Å². The molecule has 0 aliphatic rings. The fraction of sp³-hybridized carbons (Fsp3) is 0. The van der Waals surface area contributed by atoms with Crippen LogP contribution >= 0.6 is 22.6 Å². The van der Waals surface area contributed by atoms with E-state index in [2.05, 4.69) is 466 Å². The summed E-state index contributed by atoms with van der Waals surface area (Å²) in [6.45, 7) is 0. The third-order valence-corrected chi connectivity index (χ3v) is 5.14. The molecule has 0 bridgehead atoms. The van der Waals surface area contributed by atoms with E-state index in [0.29, 0.717) is 0 Å². The van der Waals surface area contributed by atoms with Gasteiger partial charge < -0.3 is 0 Å². The van der Waals surface area contributed by atoms with Gasteiger partial charge in [-0.3, -0.25) is 0 Å². The first-order chi connectivity index (χ1) is 40.4. The lowest BCUT2D eigenvalue weighted by Gasteiger charge is -1.58. The van der Waals surface area contributed by atoms with E-state index >= 15 is 0 Å². The van der Waals surface area contributed by atoms with Gasteiger partial charge in [0.1, 0.15) is 0 Å². The highest BCUT2D eigenvalue weighted by atomic mass is 127. The van der Waals surface area contributed by atoms with Crippen LogP contribution in [0.2, 0.25) is 0 Å². The van der Waals surface area contributed by atoms with Crippen LogP contribution in [0.25, 0.3) is 0 Å². The van der Waals surface area contributed by atoms with E-state index in [1.807, 2.05) is 22.6 Å². The molecule has 0 saturated carbocycles. The van der Waals surface area contributed by atoms with Crippen LogP contribution in [0, 0.1) is 472 Å². The van der Waals surface area contributed by atoms with E-state index in [9.17, 15) is 0 Å². The summed E-state index contributed by atoms with van der Waals surface area (Å²) >= 11 is 1.88. The lowest BCUT2D eigenvalue weighted by atomic mass is 10.4. The van der Waals surface area contributed by atoms with Gasteiger partial charge >= 0.3 is 0 Å². The predicted molar refractivity (Wildman–Crippen MR) is 326 cm³/mol. The van der Waals surface area contributed by atoms with Crippen molar-refractivity contribution >= 4 is 22.6 Å². The minimum Gasteiger partial charge on any atom is -0.106 e. The summed E-state index contributed by atoms with van der Waals surface area (Å²) in [6.07, 6.45) is 4.95. The van der Waals surface area contributed by atoms with Gasteiger partial charge in [0, 0.05) is 390 Å². The molecule has 0 N–H and O–H groups in total. The van der Waals surface area contributed by atoms with Crippen molar-refractivity contribution in [2.24, 2.45) is 0 Å². The van der Waals surface area contributed by atoms with Gasteiger partial charge in [-0.1, -0.05) is 0 Å². The summed E-state index contributed by atoms with van der Waals surface area (Å²) in [5.74, 6) is 194. The van der Waals surface area contributed by atoms with Crippen LogP contribution < -0.4 is 0 Å². The van der Waals surface area contributed by atoms with Crippen molar-refractivity contribution in [1.82, 2.24) is 0 Å². The third-order valence-electron chi connectivity index (χ3n) is 4.87. The van der Waals surface area contributed by atoms with Crippen LogP contribution in [-0.4, -0.2) is 0 Å². The van der Waals surface area contributed by atoms with Gasteiger partial charge in [0.15, 0.2) is 0 Å². The van der Waals surface area contributed by atoms with Gasteiger partial charge in [0.25, 0.3) is 0 Å². The quantitative estimate of drug-likeness (QED) is 0.253. The van der Waals surface area contributed by atoms with Crippen molar-refractivity contribution in [3.63, 3.8) is 0 Å². The molecule has 0 rings (SSSR count). The van der Waals surface area contributed by atoms with E-state index in [1.54, 1.807) is 0 Å². The minimum atomic E-state index is 1.88. The van der Waals surface area contributed by atoms with Gasteiger partial charge in [0.2, 0.25) is 0 Å². The molecule has 0 saturated heterocycles. The number of hydrogen-bond acceptors (Lipinski definition) is 0. The molecular weight excluding hydrogens is 1090 g/mol. The van der Waals surface area contributed by atoms with Crippen LogP contribution in [0.5, 0.6) is 0 Å². The van der Waals surface area contributed by atoms with E-state index in [0.717, 1.165) is 0 Å². The number of rotatable bonds is 0. The first-order valence-electron chi connectivity index (χ1n) is 20.0. The zero-order valence-corrected chi connectivity index (χ0v) is 42.6. The molecule has 0 fully saturated rings. The van der Waals surface area contributed by atoms with Crippen molar-refractivity contribution in [3.05, 3.63) is 0 Å². The van der Waals surface area contributed by atoms with Gasteiger partial charge in [-0.25, -0.2) is 0 Å². The molecule has 81 heavy (non-hydrogen) atoms. The predicted octanol–water partition coefficient (Wildman–Crippen LogP) is 1.14. The summed E-state index contributed by atoms with van der Waals surface area (Å²) in [5.41, 5.74) is 0. The molecule has 1 heteroatoms. The lowest BCUT2D eigenvalue weighted by molar-refractivity contribution is 2.31. The maximum atomic E-state index is 4.95. The molecular formula is C80HI. The van der Waals surface area contributed by atoms with Crippen molar-refractivity contribution in [2.45, 2.75) is 0 Å². The Kier molecular flexibility index (Phi) is 50.0.